The predicted octanol–water partition coefficient (Wildman–Crippen LogP) is 4.91. The summed E-state index contributed by atoms with van der Waals surface area (Å²) in [6.07, 6.45) is 0. The molecule has 4 nitrogen and oxygen atoms in total. The van der Waals surface area contributed by atoms with Crippen molar-refractivity contribution in [1.29, 1.82) is 0 Å². The standard InChI is InChI=1S/C23H20O4/c1-15(17-6-4-3-5-7-17)18-8-10-19(11-9-18)20-12-13-22(25)21(14-20)23(26)27-16(2)24/h3-15,25H,1-2H3. The van der Waals surface area contributed by atoms with Gasteiger partial charge in [0.2, 0.25) is 0 Å². The van der Waals surface area contributed by atoms with Gasteiger partial charge in [0.25, 0.3) is 0 Å². The van der Waals surface area contributed by atoms with Crippen LogP contribution in [0.2, 0.25) is 0 Å². The highest BCUT2D eigenvalue weighted by atomic mass is 16.6. The second-order valence-corrected chi connectivity index (χ2v) is 6.37. The van der Waals surface area contributed by atoms with Gasteiger partial charge in [-0.1, -0.05) is 67.6 Å². The third kappa shape index (κ3) is 4.23. The molecule has 3 aromatic carbocycles. The normalized spacial score (nSPS) is 11.6. The van der Waals surface area contributed by atoms with Crippen LogP contribution in [0.1, 0.15) is 41.3 Å². The molecule has 0 fully saturated rings. The molecule has 0 saturated heterocycles. The summed E-state index contributed by atoms with van der Waals surface area (Å²) in [6, 6.07) is 23.0. The lowest BCUT2D eigenvalue weighted by atomic mass is 9.91. The first-order valence-corrected chi connectivity index (χ1v) is 8.66. The molecule has 4 heteroatoms. The van der Waals surface area contributed by atoms with Crippen molar-refractivity contribution in [2.24, 2.45) is 0 Å². The fourth-order valence-electron chi connectivity index (χ4n) is 2.96. The summed E-state index contributed by atoms with van der Waals surface area (Å²) in [5, 5.41) is 9.90. The molecular formula is C23H20O4. The second kappa shape index (κ2) is 7.87. The Hall–Kier alpha value is -3.40. The van der Waals surface area contributed by atoms with E-state index in [4.69, 9.17) is 0 Å². The Kier molecular flexibility index (Phi) is 5.36. The molecule has 0 saturated carbocycles. The molecule has 0 aliphatic heterocycles. The zero-order valence-electron chi connectivity index (χ0n) is 15.2. The van der Waals surface area contributed by atoms with Crippen LogP contribution in [-0.2, 0) is 9.53 Å². The van der Waals surface area contributed by atoms with Gasteiger partial charge in [0.15, 0.2) is 0 Å². The largest absolute Gasteiger partial charge is 0.507 e. The number of carbonyl (C=O) groups is 2. The third-order valence-electron chi connectivity index (χ3n) is 4.50. The average molecular weight is 360 g/mol. The van der Waals surface area contributed by atoms with E-state index >= 15 is 0 Å². The number of hydrogen-bond donors (Lipinski definition) is 1. The summed E-state index contributed by atoms with van der Waals surface area (Å²) in [5.74, 6) is -1.54. The third-order valence-corrected chi connectivity index (χ3v) is 4.50. The summed E-state index contributed by atoms with van der Waals surface area (Å²) in [7, 11) is 0. The average Bonchev–Trinajstić information content (AvgIpc) is 2.68. The first kappa shape index (κ1) is 18.4. The zero-order valence-corrected chi connectivity index (χ0v) is 15.2. The number of rotatable bonds is 4. The van der Waals surface area contributed by atoms with E-state index in [1.165, 1.54) is 23.3 Å². The van der Waals surface area contributed by atoms with E-state index in [9.17, 15) is 14.7 Å². The van der Waals surface area contributed by atoms with E-state index in [1.54, 1.807) is 6.07 Å². The van der Waals surface area contributed by atoms with Gasteiger partial charge < -0.3 is 9.84 Å². The SMILES string of the molecule is CC(=O)OC(=O)c1cc(-c2ccc(C(C)c3ccccc3)cc2)ccc1O. The van der Waals surface area contributed by atoms with Gasteiger partial charge in [-0.05, 0) is 34.4 Å². The lowest BCUT2D eigenvalue weighted by molar-refractivity contribution is -0.135. The second-order valence-electron chi connectivity index (χ2n) is 6.37. The number of ether oxygens (including phenoxy) is 1. The van der Waals surface area contributed by atoms with Crippen LogP contribution in [0, 0.1) is 0 Å². The summed E-state index contributed by atoms with van der Waals surface area (Å²) < 4.78 is 4.57. The van der Waals surface area contributed by atoms with Crippen molar-refractivity contribution in [3.8, 4) is 16.9 Å². The number of aromatic hydroxyl groups is 1. The summed E-state index contributed by atoms with van der Waals surface area (Å²) in [4.78, 5) is 22.9. The van der Waals surface area contributed by atoms with Gasteiger partial charge in [-0.15, -0.1) is 0 Å². The van der Waals surface area contributed by atoms with Crippen molar-refractivity contribution in [3.63, 3.8) is 0 Å². The van der Waals surface area contributed by atoms with Crippen LogP contribution in [0.3, 0.4) is 0 Å². The molecule has 27 heavy (non-hydrogen) atoms. The molecule has 0 heterocycles. The number of phenols is 1. The fourth-order valence-corrected chi connectivity index (χ4v) is 2.96. The van der Waals surface area contributed by atoms with Gasteiger partial charge in [0.1, 0.15) is 11.3 Å². The molecular weight excluding hydrogens is 340 g/mol. The molecule has 3 rings (SSSR count). The van der Waals surface area contributed by atoms with Crippen molar-refractivity contribution in [3.05, 3.63) is 89.5 Å². The highest BCUT2D eigenvalue weighted by molar-refractivity contribution is 5.99. The van der Waals surface area contributed by atoms with E-state index in [0.29, 0.717) is 0 Å². The van der Waals surface area contributed by atoms with Gasteiger partial charge in [0.05, 0.1) is 0 Å². The first-order valence-electron chi connectivity index (χ1n) is 8.66. The topological polar surface area (TPSA) is 63.6 Å². The van der Waals surface area contributed by atoms with Crippen LogP contribution in [-0.4, -0.2) is 17.0 Å². The van der Waals surface area contributed by atoms with Gasteiger partial charge in [-0.3, -0.25) is 4.79 Å². The Morgan fingerprint density at radius 3 is 2.07 bits per heavy atom. The molecule has 0 radical (unpaired) electrons. The van der Waals surface area contributed by atoms with E-state index in [-0.39, 0.29) is 17.2 Å². The van der Waals surface area contributed by atoms with E-state index in [1.807, 2.05) is 42.5 Å². The Bertz CT molecular complexity index is 959. The Morgan fingerprint density at radius 2 is 1.44 bits per heavy atom. The Balaban J connectivity index is 1.87. The van der Waals surface area contributed by atoms with Crippen molar-refractivity contribution in [2.75, 3.05) is 0 Å². The summed E-state index contributed by atoms with van der Waals surface area (Å²) in [5.41, 5.74) is 4.03. The van der Waals surface area contributed by atoms with Crippen LogP contribution in [0.25, 0.3) is 11.1 Å². The van der Waals surface area contributed by atoms with E-state index in [0.717, 1.165) is 18.1 Å². The molecule has 3 aromatic rings. The molecule has 0 aliphatic rings. The van der Waals surface area contributed by atoms with Gasteiger partial charge in [-0.25, -0.2) is 4.79 Å². The van der Waals surface area contributed by atoms with Crippen molar-refractivity contribution in [1.82, 2.24) is 0 Å². The van der Waals surface area contributed by atoms with Crippen LogP contribution < -0.4 is 0 Å². The smallest absolute Gasteiger partial charge is 0.349 e. The quantitative estimate of drug-likeness (QED) is 0.530. The Labute approximate surface area is 158 Å². The molecule has 1 N–H and O–H groups in total. The van der Waals surface area contributed by atoms with E-state index < -0.39 is 11.9 Å². The van der Waals surface area contributed by atoms with Crippen LogP contribution >= 0.6 is 0 Å². The Morgan fingerprint density at radius 1 is 0.852 bits per heavy atom. The van der Waals surface area contributed by atoms with Crippen LogP contribution in [0.4, 0.5) is 0 Å². The maximum Gasteiger partial charge on any atom is 0.349 e. The zero-order chi connectivity index (χ0) is 19.4. The minimum Gasteiger partial charge on any atom is -0.507 e. The van der Waals surface area contributed by atoms with Gasteiger partial charge in [0, 0.05) is 12.8 Å². The van der Waals surface area contributed by atoms with Crippen LogP contribution in [0.5, 0.6) is 5.75 Å². The maximum absolute atomic E-state index is 12.0. The summed E-state index contributed by atoms with van der Waals surface area (Å²) >= 11 is 0. The molecule has 0 spiro atoms. The molecule has 1 unspecified atom stereocenters. The fraction of sp³-hybridized carbons (Fsp3) is 0.130. The molecule has 0 aromatic heterocycles. The molecule has 1 atom stereocenters. The number of esters is 2. The predicted molar refractivity (Wildman–Crippen MR) is 104 cm³/mol. The number of hydrogen-bond acceptors (Lipinski definition) is 4. The first-order chi connectivity index (χ1) is 13.0. The number of carbonyl (C=O) groups excluding carboxylic acids is 2. The monoisotopic (exact) mass is 360 g/mol. The summed E-state index contributed by atoms with van der Waals surface area (Å²) in [6.45, 7) is 3.30. The lowest BCUT2D eigenvalue weighted by Gasteiger charge is -2.13. The van der Waals surface area contributed by atoms with E-state index in [2.05, 4.69) is 23.8 Å². The number of phenolic OH excluding ortho intramolecular Hbond substituents is 1. The molecule has 136 valence electrons. The van der Waals surface area contributed by atoms with Crippen LogP contribution in [0.15, 0.2) is 72.8 Å². The minimum absolute atomic E-state index is 0.0376. The molecule has 0 amide bonds. The lowest BCUT2D eigenvalue weighted by Crippen LogP contribution is -2.09. The van der Waals surface area contributed by atoms with Gasteiger partial charge >= 0.3 is 11.9 Å². The highest BCUT2D eigenvalue weighted by Crippen LogP contribution is 2.29. The molecule has 0 bridgehead atoms. The maximum atomic E-state index is 12.0. The van der Waals surface area contributed by atoms with Crippen molar-refractivity contribution >= 4 is 11.9 Å². The highest BCUT2D eigenvalue weighted by Gasteiger charge is 2.16. The van der Waals surface area contributed by atoms with Crippen molar-refractivity contribution < 1.29 is 19.4 Å². The minimum atomic E-state index is -0.865. The van der Waals surface area contributed by atoms with Gasteiger partial charge in [-0.2, -0.15) is 0 Å². The number of benzene rings is 3. The van der Waals surface area contributed by atoms with Crippen molar-refractivity contribution in [2.45, 2.75) is 19.8 Å². The molecule has 0 aliphatic carbocycles.